The van der Waals surface area contributed by atoms with Crippen LogP contribution in [0.25, 0.3) is 0 Å². The van der Waals surface area contributed by atoms with Crippen molar-refractivity contribution in [3.63, 3.8) is 0 Å². The number of likely N-dealkylation sites (tertiary alicyclic amines) is 1. The van der Waals surface area contributed by atoms with Gasteiger partial charge in [0.1, 0.15) is 0 Å². The number of methoxy groups -OCH3 is 2. The Morgan fingerprint density at radius 2 is 1.79 bits per heavy atom. The fourth-order valence-corrected chi connectivity index (χ4v) is 6.64. The normalized spacial score (nSPS) is 21.2. The first-order valence-corrected chi connectivity index (χ1v) is 11.7. The number of hydrogen-bond acceptors (Lipinski definition) is 7. The Morgan fingerprint density at radius 1 is 1.11 bits per heavy atom. The third-order valence-electron chi connectivity index (χ3n) is 4.86. The quantitative estimate of drug-likeness (QED) is 0.609. The van der Waals surface area contributed by atoms with Gasteiger partial charge in [0.15, 0.2) is 11.5 Å². The van der Waals surface area contributed by atoms with E-state index in [0.717, 1.165) is 10.5 Å². The fourth-order valence-electron chi connectivity index (χ4n) is 3.38. The minimum absolute atomic E-state index is 0.0974. The molecule has 0 radical (unpaired) electrons. The Kier molecular flexibility index (Phi) is 6.51. The second-order valence-electron chi connectivity index (χ2n) is 6.56. The van der Waals surface area contributed by atoms with Crippen LogP contribution in [0.1, 0.15) is 30.2 Å². The first-order valence-electron chi connectivity index (χ1n) is 9.03. The standard InChI is InChI=1S/C18H24N2O6S2/c1-25-14-7-6-13(12-15(14)26-2)18-20(8-10-27-18)28(23,24)11-9-19-16(21)4-3-5-17(19)22/h6-7,12,18H,3-5,8-11H2,1-2H3. The molecule has 1 aromatic rings. The highest BCUT2D eigenvalue weighted by Crippen LogP contribution is 2.42. The van der Waals surface area contributed by atoms with Gasteiger partial charge in [0.25, 0.3) is 0 Å². The first-order chi connectivity index (χ1) is 13.4. The van der Waals surface area contributed by atoms with Crippen molar-refractivity contribution in [2.24, 2.45) is 0 Å². The van der Waals surface area contributed by atoms with Crippen LogP contribution in [0.15, 0.2) is 18.2 Å². The van der Waals surface area contributed by atoms with Crippen LogP contribution in [0.4, 0.5) is 0 Å². The van der Waals surface area contributed by atoms with Crippen LogP contribution in [0, 0.1) is 0 Å². The van der Waals surface area contributed by atoms with Crippen LogP contribution in [0.3, 0.4) is 0 Å². The predicted octanol–water partition coefficient (Wildman–Crippen LogP) is 1.62. The lowest BCUT2D eigenvalue weighted by atomic mass is 10.1. The summed E-state index contributed by atoms with van der Waals surface area (Å²) in [6.45, 7) is 0.285. The van der Waals surface area contributed by atoms with Crippen molar-refractivity contribution < 1.29 is 27.5 Å². The third kappa shape index (κ3) is 4.28. The van der Waals surface area contributed by atoms with E-state index in [1.165, 1.54) is 23.2 Å². The third-order valence-corrected chi connectivity index (χ3v) is 8.06. The number of thioether (sulfide) groups is 1. The maximum absolute atomic E-state index is 13.0. The van der Waals surface area contributed by atoms with Gasteiger partial charge in [-0.25, -0.2) is 8.42 Å². The Hall–Kier alpha value is -1.78. The number of hydrogen-bond donors (Lipinski definition) is 0. The average molecular weight is 429 g/mol. The number of rotatable bonds is 7. The van der Waals surface area contributed by atoms with Gasteiger partial charge in [-0.2, -0.15) is 4.31 Å². The molecule has 2 amide bonds. The molecular weight excluding hydrogens is 404 g/mol. The molecule has 2 aliphatic heterocycles. The molecule has 0 aromatic heterocycles. The Morgan fingerprint density at radius 3 is 2.43 bits per heavy atom. The Bertz CT molecular complexity index is 842. The molecule has 8 nitrogen and oxygen atoms in total. The van der Waals surface area contributed by atoms with Crippen LogP contribution >= 0.6 is 11.8 Å². The molecule has 2 fully saturated rings. The number of nitrogens with zero attached hydrogens (tertiary/aromatic N) is 2. The van der Waals surface area contributed by atoms with Gasteiger partial charge in [0.2, 0.25) is 21.8 Å². The number of benzene rings is 1. The molecule has 0 saturated carbocycles. The number of carbonyl (C=O) groups excluding carboxylic acids is 2. The Labute approximate surface area is 169 Å². The lowest BCUT2D eigenvalue weighted by Crippen LogP contribution is -2.44. The van der Waals surface area contributed by atoms with Gasteiger partial charge in [0, 0.05) is 31.7 Å². The van der Waals surface area contributed by atoms with Crippen LogP contribution < -0.4 is 9.47 Å². The highest BCUT2D eigenvalue weighted by Gasteiger charge is 2.37. The second kappa shape index (κ2) is 8.71. The number of imide groups is 1. The van der Waals surface area contributed by atoms with Gasteiger partial charge in [-0.1, -0.05) is 6.07 Å². The van der Waals surface area contributed by atoms with E-state index in [1.807, 2.05) is 6.07 Å². The number of amides is 2. The van der Waals surface area contributed by atoms with E-state index in [4.69, 9.17) is 9.47 Å². The lowest BCUT2D eigenvalue weighted by molar-refractivity contribution is -0.147. The van der Waals surface area contributed by atoms with E-state index in [0.29, 0.717) is 43.1 Å². The van der Waals surface area contributed by atoms with E-state index in [-0.39, 0.29) is 29.5 Å². The van der Waals surface area contributed by atoms with E-state index >= 15 is 0 Å². The lowest BCUT2D eigenvalue weighted by Gasteiger charge is -2.27. The minimum Gasteiger partial charge on any atom is -0.493 e. The summed E-state index contributed by atoms with van der Waals surface area (Å²) < 4.78 is 37.9. The molecule has 2 saturated heterocycles. The maximum Gasteiger partial charge on any atom is 0.229 e. The zero-order valence-electron chi connectivity index (χ0n) is 15.9. The molecule has 10 heteroatoms. The van der Waals surface area contributed by atoms with Crippen LogP contribution in [-0.2, 0) is 19.6 Å². The van der Waals surface area contributed by atoms with E-state index < -0.39 is 10.0 Å². The zero-order valence-corrected chi connectivity index (χ0v) is 17.6. The molecule has 0 spiro atoms. The van der Waals surface area contributed by atoms with Crippen molar-refractivity contribution in [2.75, 3.05) is 38.8 Å². The minimum atomic E-state index is -3.64. The second-order valence-corrected chi connectivity index (χ2v) is 9.79. The molecule has 0 aliphatic carbocycles. The highest BCUT2D eigenvalue weighted by molar-refractivity contribution is 8.00. The molecule has 1 unspecified atom stereocenters. The summed E-state index contributed by atoms with van der Waals surface area (Å²) >= 11 is 1.53. The monoisotopic (exact) mass is 428 g/mol. The number of piperidine rings is 1. The van der Waals surface area contributed by atoms with Gasteiger partial charge in [0.05, 0.1) is 25.3 Å². The molecular formula is C18H24N2O6S2. The van der Waals surface area contributed by atoms with Crippen molar-refractivity contribution in [3.05, 3.63) is 23.8 Å². The Balaban J connectivity index is 1.76. The van der Waals surface area contributed by atoms with E-state index in [9.17, 15) is 18.0 Å². The van der Waals surface area contributed by atoms with E-state index in [1.54, 1.807) is 19.2 Å². The molecule has 3 rings (SSSR count). The molecule has 154 valence electrons. The number of ether oxygens (including phenoxy) is 2. The highest BCUT2D eigenvalue weighted by atomic mass is 32.2. The van der Waals surface area contributed by atoms with Crippen molar-refractivity contribution >= 4 is 33.6 Å². The van der Waals surface area contributed by atoms with Crippen molar-refractivity contribution in [2.45, 2.75) is 24.6 Å². The van der Waals surface area contributed by atoms with Gasteiger partial charge in [-0.3, -0.25) is 14.5 Å². The predicted molar refractivity (Wildman–Crippen MR) is 106 cm³/mol. The molecule has 1 atom stereocenters. The smallest absolute Gasteiger partial charge is 0.229 e. The van der Waals surface area contributed by atoms with E-state index in [2.05, 4.69) is 0 Å². The van der Waals surface area contributed by atoms with Crippen LogP contribution in [-0.4, -0.2) is 68.3 Å². The summed E-state index contributed by atoms with van der Waals surface area (Å²) in [6, 6.07) is 5.36. The molecule has 28 heavy (non-hydrogen) atoms. The van der Waals surface area contributed by atoms with Gasteiger partial charge in [-0.05, 0) is 24.1 Å². The molecule has 0 N–H and O–H groups in total. The number of sulfonamides is 1. The SMILES string of the molecule is COc1ccc(C2SCCN2S(=O)(=O)CCN2C(=O)CCCC2=O)cc1OC. The van der Waals surface area contributed by atoms with Gasteiger partial charge in [-0.15, -0.1) is 11.8 Å². The summed E-state index contributed by atoms with van der Waals surface area (Å²) in [4.78, 5) is 24.9. The van der Waals surface area contributed by atoms with Gasteiger partial charge >= 0.3 is 0 Å². The van der Waals surface area contributed by atoms with Crippen LogP contribution in [0.5, 0.6) is 11.5 Å². The largest absolute Gasteiger partial charge is 0.493 e. The molecule has 2 aliphatic rings. The summed E-state index contributed by atoms with van der Waals surface area (Å²) in [5.74, 6) is 0.923. The van der Waals surface area contributed by atoms with Crippen molar-refractivity contribution in [1.82, 2.24) is 9.21 Å². The first kappa shape index (κ1) is 20.9. The van der Waals surface area contributed by atoms with Crippen LogP contribution in [0.2, 0.25) is 0 Å². The fraction of sp³-hybridized carbons (Fsp3) is 0.556. The van der Waals surface area contributed by atoms with Crippen molar-refractivity contribution in [3.8, 4) is 11.5 Å². The summed E-state index contributed by atoms with van der Waals surface area (Å²) in [5.41, 5.74) is 0.800. The average Bonchev–Trinajstić information content (AvgIpc) is 3.18. The molecule has 2 heterocycles. The zero-order chi connectivity index (χ0) is 20.3. The van der Waals surface area contributed by atoms with Crippen molar-refractivity contribution in [1.29, 1.82) is 0 Å². The topological polar surface area (TPSA) is 93.2 Å². The van der Waals surface area contributed by atoms with Gasteiger partial charge < -0.3 is 9.47 Å². The summed E-state index contributed by atoms with van der Waals surface area (Å²) in [5, 5.41) is -0.377. The summed E-state index contributed by atoms with van der Waals surface area (Å²) in [7, 11) is -0.569. The summed E-state index contributed by atoms with van der Waals surface area (Å²) in [6.07, 6.45) is 1.12. The number of carbonyl (C=O) groups is 2. The molecule has 0 bridgehead atoms. The maximum atomic E-state index is 13.0. The molecule has 1 aromatic carbocycles.